The molecule has 1 atom stereocenters. The minimum Gasteiger partial charge on any atom is -0.430 e. The molecule has 3 aromatic carbocycles. The van der Waals surface area contributed by atoms with Gasteiger partial charge in [0, 0.05) is 35.7 Å². The molecule has 1 aliphatic rings. The van der Waals surface area contributed by atoms with Crippen molar-refractivity contribution < 1.29 is 14.0 Å². The molecular weight excluding hydrogens is 411 g/mol. The molecule has 0 saturated carbocycles. The molecule has 0 fully saturated rings. The quantitative estimate of drug-likeness (QED) is 0.286. The van der Waals surface area contributed by atoms with Gasteiger partial charge in [0.15, 0.2) is 0 Å². The van der Waals surface area contributed by atoms with Gasteiger partial charge < -0.3 is 9.42 Å². The van der Waals surface area contributed by atoms with Crippen LogP contribution in [-0.4, -0.2) is 12.0 Å². The molecule has 6 nitrogen and oxygen atoms in total. The van der Waals surface area contributed by atoms with E-state index in [0.717, 1.165) is 16.9 Å². The van der Waals surface area contributed by atoms with Crippen molar-refractivity contribution in [3.05, 3.63) is 106 Å². The van der Waals surface area contributed by atoms with Crippen LogP contribution in [0.5, 0.6) is 5.75 Å². The van der Waals surface area contributed by atoms with Crippen molar-refractivity contribution in [3.8, 4) is 5.75 Å². The van der Waals surface area contributed by atoms with Crippen LogP contribution in [0.3, 0.4) is 0 Å². The standard InChI is InChI=1S/C24H23N2O4P/c1-24(2)19-13-7-8-14-20(19)25(3)23(24)17-31(29,18-11-5-4-6-12-18)30-22-16-10-9-15-21(22)26(27)28/h4-17H,1-3H3/b23-17-/t31-/m1/s1. The van der Waals surface area contributed by atoms with Crippen LogP contribution in [0.4, 0.5) is 11.4 Å². The third kappa shape index (κ3) is 3.64. The maximum absolute atomic E-state index is 14.4. The Hall–Kier alpha value is -3.37. The summed E-state index contributed by atoms with van der Waals surface area (Å²) < 4.78 is 20.3. The van der Waals surface area contributed by atoms with Gasteiger partial charge in [-0.25, -0.2) is 0 Å². The van der Waals surface area contributed by atoms with Crippen molar-refractivity contribution >= 4 is 24.0 Å². The maximum Gasteiger partial charge on any atom is 0.311 e. The summed E-state index contributed by atoms with van der Waals surface area (Å²) in [6.07, 6.45) is 0. The molecular formula is C24H23N2O4P. The van der Waals surface area contributed by atoms with E-state index in [0.29, 0.717) is 5.30 Å². The largest absolute Gasteiger partial charge is 0.430 e. The highest BCUT2D eigenvalue weighted by molar-refractivity contribution is 7.70. The predicted octanol–water partition coefficient (Wildman–Crippen LogP) is 5.85. The fraction of sp³-hybridized carbons (Fsp3) is 0.167. The summed E-state index contributed by atoms with van der Waals surface area (Å²) in [5.74, 6) is 1.63. The topological polar surface area (TPSA) is 72.7 Å². The molecule has 1 heterocycles. The van der Waals surface area contributed by atoms with Crippen molar-refractivity contribution in [1.29, 1.82) is 0 Å². The van der Waals surface area contributed by atoms with Gasteiger partial charge in [-0.05, 0) is 29.8 Å². The van der Waals surface area contributed by atoms with Crippen LogP contribution >= 0.6 is 7.37 Å². The van der Waals surface area contributed by atoms with Crippen molar-refractivity contribution in [2.75, 3.05) is 11.9 Å². The van der Waals surface area contributed by atoms with E-state index in [2.05, 4.69) is 19.9 Å². The number of anilines is 1. The van der Waals surface area contributed by atoms with Gasteiger partial charge in [-0.2, -0.15) is 0 Å². The Morgan fingerprint density at radius 2 is 1.58 bits per heavy atom. The summed E-state index contributed by atoms with van der Waals surface area (Å²) in [6, 6.07) is 22.9. The van der Waals surface area contributed by atoms with Crippen LogP contribution < -0.4 is 14.7 Å². The highest BCUT2D eigenvalue weighted by atomic mass is 31.2. The average molecular weight is 434 g/mol. The minimum atomic E-state index is -3.66. The second-order valence-electron chi connectivity index (χ2n) is 7.96. The van der Waals surface area contributed by atoms with Crippen molar-refractivity contribution in [1.82, 2.24) is 0 Å². The number of nitrogens with zero attached hydrogens (tertiary/aromatic N) is 2. The number of hydrogen-bond acceptors (Lipinski definition) is 5. The van der Waals surface area contributed by atoms with E-state index >= 15 is 0 Å². The predicted molar refractivity (Wildman–Crippen MR) is 123 cm³/mol. The number of hydrogen-bond donors (Lipinski definition) is 0. The summed E-state index contributed by atoms with van der Waals surface area (Å²) in [6.45, 7) is 4.14. The van der Waals surface area contributed by atoms with E-state index in [4.69, 9.17) is 4.52 Å². The highest BCUT2D eigenvalue weighted by Crippen LogP contribution is 2.55. The number of para-hydroxylation sites is 3. The molecule has 0 aliphatic carbocycles. The fourth-order valence-electron chi connectivity index (χ4n) is 4.01. The van der Waals surface area contributed by atoms with Crippen molar-refractivity contribution in [3.63, 3.8) is 0 Å². The molecule has 0 spiro atoms. The lowest BCUT2D eigenvalue weighted by atomic mass is 9.84. The normalized spacial score (nSPS) is 17.8. The monoisotopic (exact) mass is 434 g/mol. The molecule has 0 bridgehead atoms. The Morgan fingerprint density at radius 3 is 2.26 bits per heavy atom. The molecule has 0 N–H and O–H groups in total. The first-order chi connectivity index (χ1) is 14.7. The van der Waals surface area contributed by atoms with E-state index in [1.807, 2.05) is 36.2 Å². The molecule has 7 heteroatoms. The number of nitro groups is 1. The van der Waals surface area contributed by atoms with Gasteiger partial charge in [0.2, 0.25) is 5.75 Å². The summed E-state index contributed by atoms with van der Waals surface area (Å²) in [5, 5.41) is 12.0. The van der Waals surface area contributed by atoms with Crippen LogP contribution in [-0.2, 0) is 9.98 Å². The van der Waals surface area contributed by atoms with Crippen molar-refractivity contribution in [2.45, 2.75) is 19.3 Å². The Labute approximate surface area is 181 Å². The molecule has 0 saturated heterocycles. The summed E-state index contributed by atoms with van der Waals surface area (Å²) in [5.41, 5.74) is 2.33. The first-order valence-corrected chi connectivity index (χ1v) is 11.6. The first kappa shape index (κ1) is 20.9. The Bertz CT molecular complexity index is 1220. The lowest BCUT2D eigenvalue weighted by Gasteiger charge is -2.26. The van der Waals surface area contributed by atoms with Crippen LogP contribution in [0.25, 0.3) is 0 Å². The summed E-state index contributed by atoms with van der Waals surface area (Å²) >= 11 is 0. The number of nitro benzene ring substituents is 1. The Kier molecular flexibility index (Phi) is 5.19. The second-order valence-corrected chi connectivity index (χ2v) is 10.1. The molecule has 4 rings (SSSR count). The van der Waals surface area contributed by atoms with Crippen LogP contribution in [0.15, 0.2) is 90.4 Å². The zero-order valence-corrected chi connectivity index (χ0v) is 18.5. The number of benzene rings is 3. The van der Waals surface area contributed by atoms with Crippen LogP contribution in [0, 0.1) is 10.1 Å². The molecule has 0 unspecified atom stereocenters. The number of fused-ring (bicyclic) bond motifs is 1. The van der Waals surface area contributed by atoms with E-state index in [1.165, 1.54) is 12.1 Å². The highest BCUT2D eigenvalue weighted by Gasteiger charge is 2.41. The van der Waals surface area contributed by atoms with Gasteiger partial charge in [0.25, 0.3) is 0 Å². The van der Waals surface area contributed by atoms with Crippen LogP contribution in [0.2, 0.25) is 0 Å². The van der Waals surface area contributed by atoms with E-state index in [-0.39, 0.29) is 11.4 Å². The lowest BCUT2D eigenvalue weighted by Crippen LogP contribution is -2.24. The number of allylic oxidation sites excluding steroid dienone is 1. The molecule has 158 valence electrons. The first-order valence-electron chi connectivity index (χ1n) is 9.89. The van der Waals surface area contributed by atoms with Crippen LogP contribution in [0.1, 0.15) is 19.4 Å². The van der Waals surface area contributed by atoms with E-state index < -0.39 is 17.7 Å². The van der Waals surface area contributed by atoms with Gasteiger partial charge >= 0.3 is 13.1 Å². The SMILES string of the molecule is CN1/C(=C\[P@@](=O)(Oc2ccccc2[N+](=O)[O-])c2ccccc2)C(C)(C)c2ccccc21. The van der Waals surface area contributed by atoms with Gasteiger partial charge in [0.1, 0.15) is 0 Å². The zero-order chi connectivity index (χ0) is 22.2. The van der Waals surface area contributed by atoms with Gasteiger partial charge in [0.05, 0.1) is 10.2 Å². The minimum absolute atomic E-state index is 0.0208. The Balaban J connectivity index is 1.88. The molecule has 1 aliphatic heterocycles. The van der Waals surface area contributed by atoms with E-state index in [1.54, 1.807) is 42.2 Å². The zero-order valence-electron chi connectivity index (χ0n) is 17.6. The smallest absolute Gasteiger partial charge is 0.311 e. The molecule has 31 heavy (non-hydrogen) atoms. The molecule has 0 radical (unpaired) electrons. The van der Waals surface area contributed by atoms with Gasteiger partial charge in [-0.1, -0.05) is 62.4 Å². The average Bonchev–Trinajstić information content (AvgIpc) is 2.95. The molecule has 0 amide bonds. The second kappa shape index (κ2) is 7.71. The third-order valence-corrected chi connectivity index (χ3v) is 7.72. The summed E-state index contributed by atoms with van der Waals surface area (Å²) in [7, 11) is -1.73. The number of rotatable bonds is 5. The van der Waals surface area contributed by atoms with E-state index in [9.17, 15) is 14.7 Å². The lowest BCUT2D eigenvalue weighted by molar-refractivity contribution is -0.385. The third-order valence-electron chi connectivity index (χ3n) is 5.64. The Morgan fingerprint density at radius 1 is 0.968 bits per heavy atom. The summed E-state index contributed by atoms with van der Waals surface area (Å²) in [4.78, 5) is 13.0. The van der Waals surface area contributed by atoms with Gasteiger partial charge in [-0.15, -0.1) is 0 Å². The van der Waals surface area contributed by atoms with Crippen molar-refractivity contribution in [2.24, 2.45) is 0 Å². The van der Waals surface area contributed by atoms with Gasteiger partial charge in [-0.3, -0.25) is 14.7 Å². The molecule has 3 aromatic rings. The number of likely N-dealkylation sites (N-methyl/N-ethyl adjacent to an activating group) is 1. The molecule has 0 aromatic heterocycles. The maximum atomic E-state index is 14.4. The fourth-order valence-corrected chi connectivity index (χ4v) is 6.17.